The summed E-state index contributed by atoms with van der Waals surface area (Å²) in [4.78, 5) is 33.7. The highest BCUT2D eigenvalue weighted by Crippen LogP contribution is 2.18. The maximum atomic E-state index is 11.6. The number of rotatable bonds is 8. The number of ether oxygens (including phenoxy) is 1. The lowest BCUT2D eigenvalue weighted by Gasteiger charge is -2.22. The predicted octanol–water partition coefficient (Wildman–Crippen LogP) is 1.95. The van der Waals surface area contributed by atoms with Crippen LogP contribution in [0.15, 0.2) is 0 Å². The number of carboxylic acid groups (broad SMARTS) is 2. The number of nitrogens with one attached hydrogen (secondary N) is 1. The zero-order valence-electron chi connectivity index (χ0n) is 12.7. The quantitative estimate of drug-likeness (QED) is 0.626. The molecule has 0 rings (SSSR count). The number of thioether (sulfide) groups is 1. The minimum atomic E-state index is -1.23. The molecule has 3 N–H and O–H groups in total. The molecule has 0 spiro atoms. The van der Waals surface area contributed by atoms with Crippen molar-refractivity contribution in [3.8, 4) is 0 Å². The highest BCUT2D eigenvalue weighted by Gasteiger charge is 2.26. The van der Waals surface area contributed by atoms with Crippen LogP contribution in [0.25, 0.3) is 0 Å². The molecule has 2 atom stereocenters. The van der Waals surface area contributed by atoms with Gasteiger partial charge in [0.25, 0.3) is 0 Å². The van der Waals surface area contributed by atoms with E-state index >= 15 is 0 Å². The van der Waals surface area contributed by atoms with Gasteiger partial charge in [-0.05, 0) is 27.2 Å². The Hall–Kier alpha value is -1.44. The molecule has 0 saturated carbocycles. The van der Waals surface area contributed by atoms with Crippen LogP contribution in [0.3, 0.4) is 0 Å². The largest absolute Gasteiger partial charge is 0.480 e. The van der Waals surface area contributed by atoms with E-state index in [2.05, 4.69) is 5.32 Å². The Morgan fingerprint density at radius 3 is 2.14 bits per heavy atom. The van der Waals surface area contributed by atoms with Crippen molar-refractivity contribution in [1.82, 2.24) is 5.32 Å². The molecular weight excluding hydrogens is 298 g/mol. The SMILES string of the molecule is CCCC(SCC(NC(=O)OC(C)(C)C)C(=O)O)C(=O)O. The van der Waals surface area contributed by atoms with E-state index in [-0.39, 0.29) is 5.75 Å². The zero-order valence-corrected chi connectivity index (χ0v) is 13.5. The standard InChI is InChI=1S/C13H23NO6S/c1-5-6-9(11(17)18)21-7-8(10(15)16)14-12(19)20-13(2,3)4/h8-9H,5-7H2,1-4H3,(H,14,19)(H,15,16)(H,17,18). The number of amides is 1. The van der Waals surface area contributed by atoms with Crippen LogP contribution in [0.4, 0.5) is 4.79 Å². The van der Waals surface area contributed by atoms with Gasteiger partial charge in [-0.2, -0.15) is 0 Å². The normalized spacial score (nSPS) is 14.1. The molecule has 0 radical (unpaired) electrons. The molecule has 21 heavy (non-hydrogen) atoms. The van der Waals surface area contributed by atoms with Gasteiger partial charge in [0.15, 0.2) is 0 Å². The first kappa shape index (κ1) is 19.6. The fourth-order valence-electron chi connectivity index (χ4n) is 1.38. The average molecular weight is 321 g/mol. The van der Waals surface area contributed by atoms with Gasteiger partial charge in [0, 0.05) is 5.75 Å². The zero-order chi connectivity index (χ0) is 16.6. The number of aliphatic carboxylic acids is 2. The summed E-state index contributed by atoms with van der Waals surface area (Å²) in [5.74, 6) is -2.25. The molecule has 0 aliphatic carbocycles. The van der Waals surface area contributed by atoms with Gasteiger partial charge in [0.2, 0.25) is 0 Å². The summed E-state index contributed by atoms with van der Waals surface area (Å²) in [5.41, 5.74) is -0.730. The first-order valence-corrected chi connectivity index (χ1v) is 7.68. The van der Waals surface area contributed by atoms with Crippen LogP contribution in [0.5, 0.6) is 0 Å². The van der Waals surface area contributed by atoms with Crippen LogP contribution < -0.4 is 5.32 Å². The number of hydrogen-bond acceptors (Lipinski definition) is 5. The summed E-state index contributed by atoms with van der Waals surface area (Å²) in [5, 5.41) is 19.6. The van der Waals surface area contributed by atoms with Crippen molar-refractivity contribution in [3.05, 3.63) is 0 Å². The van der Waals surface area contributed by atoms with Gasteiger partial charge in [0.05, 0.1) is 0 Å². The molecule has 0 aromatic rings. The van der Waals surface area contributed by atoms with E-state index in [1.165, 1.54) is 0 Å². The van der Waals surface area contributed by atoms with Gasteiger partial charge in [-0.15, -0.1) is 11.8 Å². The lowest BCUT2D eigenvalue weighted by Crippen LogP contribution is -2.45. The van der Waals surface area contributed by atoms with Gasteiger partial charge in [-0.25, -0.2) is 9.59 Å². The number of hydrogen-bond donors (Lipinski definition) is 3. The van der Waals surface area contributed by atoms with E-state index in [1.54, 1.807) is 20.8 Å². The molecule has 0 aliphatic heterocycles. The molecule has 7 nitrogen and oxygen atoms in total. The second-order valence-corrected chi connectivity index (χ2v) is 6.72. The Morgan fingerprint density at radius 1 is 1.19 bits per heavy atom. The van der Waals surface area contributed by atoms with Crippen LogP contribution in [0, 0.1) is 0 Å². The second-order valence-electron chi connectivity index (χ2n) is 5.49. The van der Waals surface area contributed by atoms with Gasteiger partial charge >= 0.3 is 18.0 Å². The maximum Gasteiger partial charge on any atom is 0.408 e. The van der Waals surface area contributed by atoms with Crippen LogP contribution in [0.2, 0.25) is 0 Å². The van der Waals surface area contributed by atoms with Crippen molar-refractivity contribution in [1.29, 1.82) is 0 Å². The van der Waals surface area contributed by atoms with Crippen molar-refractivity contribution >= 4 is 29.8 Å². The first-order chi connectivity index (χ1) is 9.56. The van der Waals surface area contributed by atoms with Crippen molar-refractivity contribution in [3.63, 3.8) is 0 Å². The molecule has 0 heterocycles. The molecule has 0 aromatic heterocycles. The fourth-order valence-corrected chi connectivity index (χ4v) is 2.57. The minimum absolute atomic E-state index is 0.0362. The van der Waals surface area contributed by atoms with Crippen LogP contribution in [0.1, 0.15) is 40.5 Å². The van der Waals surface area contributed by atoms with Crippen LogP contribution in [-0.2, 0) is 14.3 Å². The van der Waals surface area contributed by atoms with Crippen LogP contribution in [-0.4, -0.2) is 50.9 Å². The van der Waals surface area contributed by atoms with E-state index in [0.29, 0.717) is 12.8 Å². The molecule has 8 heteroatoms. The Balaban J connectivity index is 4.53. The third kappa shape index (κ3) is 9.17. The van der Waals surface area contributed by atoms with Crippen molar-refractivity contribution in [2.45, 2.75) is 57.4 Å². The number of carbonyl (C=O) groups is 3. The Labute approximate surface area is 128 Å². The van der Waals surface area contributed by atoms with Crippen molar-refractivity contribution < 1.29 is 29.3 Å². The maximum absolute atomic E-state index is 11.6. The lowest BCUT2D eigenvalue weighted by molar-refractivity contribution is -0.139. The summed E-state index contributed by atoms with van der Waals surface area (Å²) in [6.45, 7) is 6.85. The van der Waals surface area contributed by atoms with Gasteiger partial charge < -0.3 is 20.3 Å². The minimum Gasteiger partial charge on any atom is -0.480 e. The third-order valence-electron chi connectivity index (χ3n) is 2.28. The molecule has 0 aromatic carbocycles. The van der Waals surface area contributed by atoms with Crippen molar-refractivity contribution in [2.75, 3.05) is 5.75 Å². The lowest BCUT2D eigenvalue weighted by atomic mass is 10.2. The van der Waals surface area contributed by atoms with E-state index in [1.807, 2.05) is 6.92 Å². The molecule has 2 unspecified atom stereocenters. The summed E-state index contributed by atoms with van der Waals surface area (Å²) < 4.78 is 4.98. The van der Waals surface area contributed by atoms with E-state index in [4.69, 9.17) is 14.9 Å². The molecule has 0 aliphatic rings. The summed E-state index contributed by atoms with van der Waals surface area (Å²) >= 11 is 1.000. The smallest absolute Gasteiger partial charge is 0.408 e. The summed E-state index contributed by atoms with van der Waals surface area (Å²) in [7, 11) is 0. The molecule has 1 amide bonds. The molecule has 0 saturated heterocycles. The average Bonchev–Trinajstić information content (AvgIpc) is 2.29. The van der Waals surface area contributed by atoms with E-state index in [0.717, 1.165) is 11.8 Å². The molecule has 0 bridgehead atoms. The monoisotopic (exact) mass is 321 g/mol. The Bertz CT molecular complexity index is 379. The number of carbonyl (C=O) groups excluding carboxylic acids is 1. The summed E-state index contributed by atoms with van der Waals surface area (Å²) in [6, 6.07) is -1.19. The van der Waals surface area contributed by atoms with Gasteiger partial charge in [-0.3, -0.25) is 4.79 Å². The van der Waals surface area contributed by atoms with E-state index < -0.39 is 34.9 Å². The fraction of sp³-hybridized carbons (Fsp3) is 0.769. The Kier molecular flexibility index (Phi) is 8.16. The predicted molar refractivity (Wildman–Crippen MR) is 79.6 cm³/mol. The highest BCUT2D eigenvalue weighted by molar-refractivity contribution is 8.00. The third-order valence-corrected chi connectivity index (χ3v) is 3.64. The topological polar surface area (TPSA) is 113 Å². The first-order valence-electron chi connectivity index (χ1n) is 6.63. The van der Waals surface area contributed by atoms with Gasteiger partial charge in [0.1, 0.15) is 16.9 Å². The van der Waals surface area contributed by atoms with Crippen molar-refractivity contribution in [2.24, 2.45) is 0 Å². The van der Waals surface area contributed by atoms with Crippen LogP contribution >= 0.6 is 11.8 Å². The summed E-state index contributed by atoms with van der Waals surface area (Å²) in [6.07, 6.45) is 0.290. The number of carboxylic acids is 2. The second kappa shape index (κ2) is 8.76. The molecule has 0 fully saturated rings. The molecule has 122 valence electrons. The van der Waals surface area contributed by atoms with Gasteiger partial charge in [-0.1, -0.05) is 13.3 Å². The van der Waals surface area contributed by atoms with E-state index in [9.17, 15) is 14.4 Å². The Morgan fingerprint density at radius 2 is 1.76 bits per heavy atom. The molecular formula is C13H23NO6S. The number of alkyl carbamates (subject to hydrolysis) is 1. The highest BCUT2D eigenvalue weighted by atomic mass is 32.2.